The molecule has 0 radical (unpaired) electrons. The summed E-state index contributed by atoms with van der Waals surface area (Å²) in [6.45, 7) is 11.3. The summed E-state index contributed by atoms with van der Waals surface area (Å²) in [5.41, 5.74) is 2.61. The maximum Gasteiger partial charge on any atom is 0.410 e. The SMILES string of the molecule is CC(C)(C)OC(=O)N1CCN(c2ccc(C(=O)NC3CCN(Cc4ccccc4)CC3)cc2)CC1. The summed E-state index contributed by atoms with van der Waals surface area (Å²) < 4.78 is 5.48. The highest BCUT2D eigenvalue weighted by molar-refractivity contribution is 5.94. The molecule has 4 rings (SSSR count). The first-order chi connectivity index (χ1) is 16.8. The predicted molar refractivity (Wildman–Crippen MR) is 139 cm³/mol. The highest BCUT2D eigenvalue weighted by atomic mass is 16.6. The Bertz CT molecular complexity index is 972. The van der Waals surface area contributed by atoms with Crippen molar-refractivity contribution >= 4 is 17.7 Å². The fourth-order valence-corrected chi connectivity index (χ4v) is 4.64. The molecule has 2 aromatic rings. The Morgan fingerprint density at radius 1 is 0.886 bits per heavy atom. The van der Waals surface area contributed by atoms with Crippen molar-refractivity contribution in [3.8, 4) is 0 Å². The molecular weight excluding hydrogens is 440 g/mol. The number of nitrogens with one attached hydrogen (secondary N) is 1. The minimum absolute atomic E-state index is 0.00666. The Hall–Kier alpha value is -3.06. The van der Waals surface area contributed by atoms with E-state index in [-0.39, 0.29) is 18.0 Å². The zero-order chi connectivity index (χ0) is 24.8. The van der Waals surface area contributed by atoms with Gasteiger partial charge in [-0.1, -0.05) is 30.3 Å². The number of anilines is 1. The molecule has 0 aromatic heterocycles. The van der Waals surface area contributed by atoms with Crippen LogP contribution in [0.3, 0.4) is 0 Å². The van der Waals surface area contributed by atoms with Gasteiger partial charge in [0.15, 0.2) is 0 Å². The fourth-order valence-electron chi connectivity index (χ4n) is 4.64. The van der Waals surface area contributed by atoms with Crippen LogP contribution in [0.4, 0.5) is 10.5 Å². The van der Waals surface area contributed by atoms with Gasteiger partial charge in [-0.25, -0.2) is 4.79 Å². The highest BCUT2D eigenvalue weighted by Crippen LogP contribution is 2.20. The van der Waals surface area contributed by atoms with Crippen LogP contribution in [0.2, 0.25) is 0 Å². The van der Waals surface area contributed by atoms with E-state index < -0.39 is 5.60 Å². The third kappa shape index (κ3) is 7.21. The van der Waals surface area contributed by atoms with Gasteiger partial charge >= 0.3 is 6.09 Å². The molecule has 2 saturated heterocycles. The van der Waals surface area contributed by atoms with Crippen LogP contribution in [0, 0.1) is 0 Å². The van der Waals surface area contributed by atoms with E-state index in [4.69, 9.17) is 4.74 Å². The molecule has 0 spiro atoms. The number of piperazine rings is 1. The molecule has 2 amide bonds. The Morgan fingerprint density at radius 2 is 1.51 bits per heavy atom. The zero-order valence-corrected chi connectivity index (χ0v) is 21.2. The first-order valence-corrected chi connectivity index (χ1v) is 12.7. The molecular formula is C28H38N4O3. The molecule has 2 heterocycles. The summed E-state index contributed by atoms with van der Waals surface area (Å²) in [5, 5.41) is 3.22. The molecule has 0 aliphatic carbocycles. The molecule has 0 atom stereocenters. The van der Waals surface area contributed by atoms with Crippen LogP contribution in [-0.4, -0.2) is 72.7 Å². The Balaban J connectivity index is 1.21. The highest BCUT2D eigenvalue weighted by Gasteiger charge is 2.26. The van der Waals surface area contributed by atoms with Gasteiger partial charge in [0.05, 0.1) is 0 Å². The molecule has 2 aliphatic heterocycles. The van der Waals surface area contributed by atoms with Crippen molar-refractivity contribution in [2.45, 2.75) is 51.8 Å². The van der Waals surface area contributed by atoms with Gasteiger partial charge < -0.3 is 19.9 Å². The molecule has 2 fully saturated rings. The number of carbonyl (C=O) groups is 2. The van der Waals surface area contributed by atoms with Gasteiger partial charge in [-0.3, -0.25) is 9.69 Å². The number of piperidine rings is 1. The minimum atomic E-state index is -0.482. The molecule has 7 nitrogen and oxygen atoms in total. The van der Waals surface area contributed by atoms with Crippen molar-refractivity contribution in [2.75, 3.05) is 44.2 Å². The molecule has 1 N–H and O–H groups in total. The summed E-state index contributed by atoms with van der Waals surface area (Å²) in [6, 6.07) is 18.6. The first-order valence-electron chi connectivity index (χ1n) is 12.7. The summed E-state index contributed by atoms with van der Waals surface area (Å²) in [4.78, 5) is 31.5. The van der Waals surface area contributed by atoms with Crippen molar-refractivity contribution in [3.63, 3.8) is 0 Å². The largest absolute Gasteiger partial charge is 0.444 e. The third-order valence-corrected chi connectivity index (χ3v) is 6.60. The minimum Gasteiger partial charge on any atom is -0.444 e. The first kappa shape index (κ1) is 25.0. The van der Waals surface area contributed by atoms with Crippen LogP contribution in [-0.2, 0) is 11.3 Å². The van der Waals surface area contributed by atoms with Crippen LogP contribution in [0.1, 0.15) is 49.5 Å². The molecule has 0 unspecified atom stereocenters. The summed E-state index contributed by atoms with van der Waals surface area (Å²) in [7, 11) is 0. The molecule has 0 bridgehead atoms. The van der Waals surface area contributed by atoms with E-state index in [1.807, 2.05) is 51.1 Å². The lowest BCUT2D eigenvalue weighted by atomic mass is 10.0. The number of rotatable bonds is 5. The number of ether oxygens (including phenoxy) is 1. The molecule has 35 heavy (non-hydrogen) atoms. The van der Waals surface area contributed by atoms with Crippen molar-refractivity contribution in [2.24, 2.45) is 0 Å². The lowest BCUT2D eigenvalue weighted by Crippen LogP contribution is -2.50. The average molecular weight is 479 g/mol. The molecule has 2 aliphatic rings. The summed E-state index contributed by atoms with van der Waals surface area (Å²) >= 11 is 0. The average Bonchev–Trinajstić information content (AvgIpc) is 2.85. The van der Waals surface area contributed by atoms with Gasteiger partial charge in [-0.2, -0.15) is 0 Å². The van der Waals surface area contributed by atoms with Crippen molar-refractivity contribution in [1.82, 2.24) is 15.1 Å². The van der Waals surface area contributed by atoms with E-state index >= 15 is 0 Å². The van der Waals surface area contributed by atoms with E-state index in [0.717, 1.165) is 51.3 Å². The van der Waals surface area contributed by atoms with Crippen LogP contribution in [0.5, 0.6) is 0 Å². The van der Waals surface area contributed by atoms with Crippen molar-refractivity contribution in [3.05, 3.63) is 65.7 Å². The third-order valence-electron chi connectivity index (χ3n) is 6.60. The lowest BCUT2D eigenvalue weighted by Gasteiger charge is -2.36. The van der Waals surface area contributed by atoms with Crippen molar-refractivity contribution in [1.29, 1.82) is 0 Å². The number of nitrogens with zero attached hydrogens (tertiary/aromatic N) is 3. The summed E-state index contributed by atoms with van der Waals surface area (Å²) in [6.07, 6.45) is 1.69. The topological polar surface area (TPSA) is 65.1 Å². The van der Waals surface area contributed by atoms with E-state index in [1.54, 1.807) is 4.90 Å². The van der Waals surface area contributed by atoms with Gasteiger partial charge in [0.2, 0.25) is 0 Å². The summed E-state index contributed by atoms with van der Waals surface area (Å²) in [5.74, 6) is -0.00666. The second-order valence-corrected chi connectivity index (χ2v) is 10.5. The normalized spacial score (nSPS) is 17.8. The molecule has 2 aromatic carbocycles. The molecule has 0 saturated carbocycles. The Kier molecular flexibility index (Phi) is 7.96. The van der Waals surface area contributed by atoms with Gasteiger partial charge in [-0.05, 0) is 63.4 Å². The van der Waals surface area contributed by atoms with Gasteiger partial charge in [0.25, 0.3) is 5.91 Å². The number of hydrogen-bond donors (Lipinski definition) is 1. The van der Waals surface area contributed by atoms with E-state index in [1.165, 1.54) is 5.56 Å². The van der Waals surface area contributed by atoms with Crippen molar-refractivity contribution < 1.29 is 14.3 Å². The second-order valence-electron chi connectivity index (χ2n) is 10.5. The van der Waals surface area contributed by atoms with Crippen LogP contribution < -0.4 is 10.2 Å². The number of amides is 2. The lowest BCUT2D eigenvalue weighted by molar-refractivity contribution is 0.0240. The smallest absolute Gasteiger partial charge is 0.410 e. The molecule has 7 heteroatoms. The van der Waals surface area contributed by atoms with Gasteiger partial charge in [0.1, 0.15) is 5.60 Å². The van der Waals surface area contributed by atoms with E-state index in [9.17, 15) is 9.59 Å². The number of likely N-dealkylation sites (tertiary alicyclic amines) is 1. The Labute approximate surface area is 209 Å². The van der Waals surface area contributed by atoms with Crippen LogP contribution in [0.25, 0.3) is 0 Å². The quantitative estimate of drug-likeness (QED) is 0.700. The van der Waals surface area contributed by atoms with E-state index in [0.29, 0.717) is 18.7 Å². The standard InChI is InChI=1S/C28H38N4O3/c1-28(2,3)35-27(34)32-19-17-31(18-20-32)25-11-9-23(10-12-25)26(33)29-24-13-15-30(16-14-24)21-22-7-5-4-6-8-22/h4-12,24H,13-21H2,1-3H3,(H,29,33). The Morgan fingerprint density at radius 3 is 2.11 bits per heavy atom. The van der Waals surface area contributed by atoms with Gasteiger partial charge in [-0.15, -0.1) is 0 Å². The molecule has 188 valence electrons. The zero-order valence-electron chi connectivity index (χ0n) is 21.2. The van der Waals surface area contributed by atoms with Crippen LogP contribution in [0.15, 0.2) is 54.6 Å². The number of benzene rings is 2. The fraction of sp³-hybridized carbons (Fsp3) is 0.500. The predicted octanol–water partition coefficient (Wildman–Crippen LogP) is 4.14. The van der Waals surface area contributed by atoms with Crippen LogP contribution >= 0.6 is 0 Å². The number of carbonyl (C=O) groups excluding carboxylic acids is 2. The number of hydrogen-bond acceptors (Lipinski definition) is 5. The monoisotopic (exact) mass is 478 g/mol. The maximum absolute atomic E-state index is 12.8. The van der Waals surface area contributed by atoms with Gasteiger partial charge in [0, 0.05) is 63.1 Å². The second kappa shape index (κ2) is 11.1. The van der Waals surface area contributed by atoms with E-state index in [2.05, 4.69) is 39.4 Å². The maximum atomic E-state index is 12.8.